The van der Waals surface area contributed by atoms with Gasteiger partial charge in [0.2, 0.25) is 5.89 Å². The highest BCUT2D eigenvalue weighted by molar-refractivity contribution is 7.90. The first kappa shape index (κ1) is 24.2. The van der Waals surface area contributed by atoms with Crippen LogP contribution in [0.4, 0.5) is 0 Å². The number of oxazole rings is 1. The summed E-state index contributed by atoms with van der Waals surface area (Å²) in [5, 5.41) is 4.21. The lowest BCUT2D eigenvalue weighted by Gasteiger charge is -2.21. The Hall–Kier alpha value is -3.92. The molecule has 2 heterocycles. The van der Waals surface area contributed by atoms with E-state index in [-0.39, 0.29) is 21.6 Å². The molecule has 4 rings (SSSR count). The molecule has 1 N–H and O–H groups in total. The monoisotopic (exact) mass is 494 g/mol. The van der Waals surface area contributed by atoms with Gasteiger partial charge in [-0.3, -0.25) is 9.48 Å². The highest BCUT2D eigenvalue weighted by Crippen LogP contribution is 2.31. The molecule has 0 spiro atoms. The zero-order chi connectivity index (χ0) is 25.2. The normalized spacial score (nSPS) is 11.9. The number of benzene rings is 2. The van der Waals surface area contributed by atoms with E-state index in [4.69, 9.17) is 9.15 Å². The average molecular weight is 495 g/mol. The molecular weight excluding hydrogens is 468 g/mol. The SMILES string of the molecule is COc1ccc(C(C)(C)C)cc1S(=O)(=O)NC(=O)c1ccc(Cn2cccn2)c(-c2ncco2)c1. The number of amides is 1. The van der Waals surface area contributed by atoms with Gasteiger partial charge in [0, 0.05) is 23.5 Å². The number of methoxy groups -OCH3 is 1. The van der Waals surface area contributed by atoms with E-state index in [1.54, 1.807) is 47.3 Å². The van der Waals surface area contributed by atoms with Crippen LogP contribution in [0.2, 0.25) is 0 Å². The van der Waals surface area contributed by atoms with Crippen molar-refractivity contribution < 1.29 is 22.4 Å². The van der Waals surface area contributed by atoms with Crippen LogP contribution in [0.5, 0.6) is 5.75 Å². The molecule has 9 nitrogen and oxygen atoms in total. The molecule has 4 aromatic rings. The second-order valence-electron chi connectivity index (χ2n) is 8.96. The Balaban J connectivity index is 1.68. The van der Waals surface area contributed by atoms with Crippen molar-refractivity contribution in [2.75, 3.05) is 7.11 Å². The summed E-state index contributed by atoms with van der Waals surface area (Å²) < 4.78 is 41.0. The first-order chi connectivity index (χ1) is 16.6. The number of sulfonamides is 1. The summed E-state index contributed by atoms with van der Waals surface area (Å²) >= 11 is 0. The molecule has 2 aromatic heterocycles. The number of hydrogen-bond acceptors (Lipinski definition) is 7. The number of nitrogens with zero attached hydrogens (tertiary/aromatic N) is 3. The number of ether oxygens (including phenoxy) is 1. The van der Waals surface area contributed by atoms with Crippen molar-refractivity contribution >= 4 is 15.9 Å². The quantitative estimate of drug-likeness (QED) is 0.413. The molecule has 0 saturated carbocycles. The smallest absolute Gasteiger partial charge is 0.268 e. The predicted molar refractivity (Wildman–Crippen MR) is 130 cm³/mol. The first-order valence-electron chi connectivity index (χ1n) is 10.8. The Morgan fingerprint density at radius 1 is 1.14 bits per heavy atom. The van der Waals surface area contributed by atoms with Crippen LogP contribution in [-0.2, 0) is 22.0 Å². The molecule has 0 radical (unpaired) electrons. The molecule has 0 bridgehead atoms. The Bertz CT molecular complexity index is 1440. The molecular formula is C25H26N4O5S. The van der Waals surface area contributed by atoms with E-state index >= 15 is 0 Å². The fraction of sp³-hybridized carbons (Fsp3) is 0.240. The van der Waals surface area contributed by atoms with E-state index < -0.39 is 15.9 Å². The third-order valence-corrected chi connectivity index (χ3v) is 6.82. The maximum absolute atomic E-state index is 13.2. The number of hydrogen-bond donors (Lipinski definition) is 1. The zero-order valence-corrected chi connectivity index (χ0v) is 20.7. The van der Waals surface area contributed by atoms with Crippen LogP contribution in [0.15, 0.2) is 76.6 Å². The summed E-state index contributed by atoms with van der Waals surface area (Å²) in [6, 6.07) is 11.6. The molecule has 182 valence electrons. The summed E-state index contributed by atoms with van der Waals surface area (Å²) in [7, 11) is -2.85. The molecule has 10 heteroatoms. The van der Waals surface area contributed by atoms with Crippen molar-refractivity contribution in [2.24, 2.45) is 0 Å². The second-order valence-corrected chi connectivity index (χ2v) is 10.6. The molecule has 0 aliphatic rings. The van der Waals surface area contributed by atoms with Crippen molar-refractivity contribution in [1.29, 1.82) is 0 Å². The van der Waals surface area contributed by atoms with Crippen LogP contribution >= 0.6 is 0 Å². The maximum atomic E-state index is 13.2. The largest absolute Gasteiger partial charge is 0.495 e. The van der Waals surface area contributed by atoms with Crippen LogP contribution < -0.4 is 9.46 Å². The minimum atomic E-state index is -4.23. The van der Waals surface area contributed by atoms with Gasteiger partial charge in [-0.25, -0.2) is 18.1 Å². The molecule has 35 heavy (non-hydrogen) atoms. The topological polar surface area (TPSA) is 116 Å². The van der Waals surface area contributed by atoms with Crippen molar-refractivity contribution in [1.82, 2.24) is 19.5 Å². The Morgan fingerprint density at radius 2 is 1.94 bits per heavy atom. The summed E-state index contributed by atoms with van der Waals surface area (Å²) in [6.07, 6.45) is 6.41. The van der Waals surface area contributed by atoms with Crippen LogP contribution in [0.1, 0.15) is 42.3 Å². The van der Waals surface area contributed by atoms with Gasteiger partial charge in [-0.05, 0) is 46.9 Å². The van der Waals surface area contributed by atoms with E-state index in [9.17, 15) is 13.2 Å². The number of nitrogens with one attached hydrogen (secondary N) is 1. The van der Waals surface area contributed by atoms with Gasteiger partial charge in [-0.1, -0.05) is 32.9 Å². The molecule has 0 aliphatic carbocycles. The minimum absolute atomic E-state index is 0.107. The summed E-state index contributed by atoms with van der Waals surface area (Å²) in [6.45, 7) is 6.33. The Kier molecular flexibility index (Phi) is 6.49. The van der Waals surface area contributed by atoms with E-state index in [1.807, 2.05) is 27.0 Å². The van der Waals surface area contributed by atoms with Crippen molar-refractivity contribution in [3.63, 3.8) is 0 Å². The fourth-order valence-electron chi connectivity index (χ4n) is 3.57. The van der Waals surface area contributed by atoms with Gasteiger partial charge in [0.25, 0.3) is 15.9 Å². The molecule has 0 aliphatic heterocycles. The molecule has 0 fully saturated rings. The van der Waals surface area contributed by atoms with Gasteiger partial charge in [0.1, 0.15) is 16.9 Å². The lowest BCUT2D eigenvalue weighted by atomic mass is 9.87. The van der Waals surface area contributed by atoms with Crippen LogP contribution in [0, 0.1) is 0 Å². The van der Waals surface area contributed by atoms with E-state index in [0.29, 0.717) is 18.0 Å². The maximum Gasteiger partial charge on any atom is 0.268 e. The zero-order valence-electron chi connectivity index (χ0n) is 19.8. The summed E-state index contributed by atoms with van der Waals surface area (Å²) in [4.78, 5) is 17.1. The third kappa shape index (κ3) is 5.27. The first-order valence-corrected chi connectivity index (χ1v) is 12.3. The fourth-order valence-corrected chi connectivity index (χ4v) is 4.74. The van der Waals surface area contributed by atoms with Crippen LogP contribution in [-0.4, -0.2) is 36.2 Å². The average Bonchev–Trinajstić information content (AvgIpc) is 3.52. The van der Waals surface area contributed by atoms with Crippen LogP contribution in [0.25, 0.3) is 11.5 Å². The lowest BCUT2D eigenvalue weighted by molar-refractivity contribution is 0.0981. The van der Waals surface area contributed by atoms with E-state index in [2.05, 4.69) is 14.8 Å². The molecule has 0 saturated heterocycles. The number of carbonyl (C=O) groups is 1. The minimum Gasteiger partial charge on any atom is -0.495 e. The third-order valence-electron chi connectivity index (χ3n) is 5.47. The van der Waals surface area contributed by atoms with Gasteiger partial charge in [0.15, 0.2) is 0 Å². The van der Waals surface area contributed by atoms with Crippen molar-refractivity contribution in [3.8, 4) is 17.2 Å². The Morgan fingerprint density at radius 3 is 2.57 bits per heavy atom. The number of aromatic nitrogens is 3. The molecule has 1 amide bonds. The van der Waals surface area contributed by atoms with Gasteiger partial charge in [-0.15, -0.1) is 0 Å². The van der Waals surface area contributed by atoms with Crippen molar-refractivity contribution in [2.45, 2.75) is 37.6 Å². The Labute approximate surface area is 203 Å². The second kappa shape index (κ2) is 9.38. The standard InChI is InChI=1S/C25H26N4O5S/c1-25(2,3)19-8-9-21(33-4)22(15-19)35(31,32)28-23(30)17-6-7-18(16-29-12-5-10-27-29)20(14-17)24-26-11-13-34-24/h5-15H,16H2,1-4H3,(H,28,30). The molecule has 0 unspecified atom stereocenters. The highest BCUT2D eigenvalue weighted by atomic mass is 32.2. The number of carbonyl (C=O) groups excluding carboxylic acids is 1. The predicted octanol–water partition coefficient (Wildman–Crippen LogP) is 4.01. The molecule has 2 aromatic carbocycles. The lowest BCUT2D eigenvalue weighted by Crippen LogP contribution is -2.31. The number of rotatable bonds is 7. The van der Waals surface area contributed by atoms with Gasteiger partial charge >= 0.3 is 0 Å². The summed E-state index contributed by atoms with van der Waals surface area (Å²) in [5.41, 5.74) is 1.99. The van der Waals surface area contributed by atoms with Crippen molar-refractivity contribution in [3.05, 3.63) is 84.0 Å². The van der Waals surface area contributed by atoms with Gasteiger partial charge in [-0.2, -0.15) is 5.10 Å². The highest BCUT2D eigenvalue weighted by Gasteiger charge is 2.26. The van der Waals surface area contributed by atoms with E-state index in [0.717, 1.165) is 11.1 Å². The van der Waals surface area contributed by atoms with Gasteiger partial charge in [0.05, 0.1) is 19.9 Å². The molecule has 0 atom stereocenters. The van der Waals surface area contributed by atoms with E-state index in [1.165, 1.54) is 25.6 Å². The van der Waals surface area contributed by atoms with Crippen LogP contribution in [0.3, 0.4) is 0 Å². The van der Waals surface area contributed by atoms with Gasteiger partial charge < -0.3 is 9.15 Å². The summed E-state index contributed by atoms with van der Waals surface area (Å²) in [5.74, 6) is -0.329.